The van der Waals surface area contributed by atoms with E-state index in [0.29, 0.717) is 18.7 Å². The van der Waals surface area contributed by atoms with E-state index in [9.17, 15) is 18.0 Å². The number of alkyl halides is 3. The molecule has 0 spiro atoms. The van der Waals surface area contributed by atoms with Gasteiger partial charge in [0.2, 0.25) is 0 Å². The predicted octanol–water partition coefficient (Wildman–Crippen LogP) is 4.68. The minimum absolute atomic E-state index is 0.000460. The first-order valence-electron chi connectivity index (χ1n) is 9.69. The summed E-state index contributed by atoms with van der Waals surface area (Å²) in [7, 11) is 1.74. The molecule has 0 aliphatic heterocycles. The average molecular weight is 449 g/mol. The zero-order valence-electron chi connectivity index (χ0n) is 17.7. The molecule has 10 heteroatoms. The van der Waals surface area contributed by atoms with Crippen molar-refractivity contribution in [3.05, 3.63) is 59.7 Å². The molecule has 1 N–H and O–H groups in total. The van der Waals surface area contributed by atoms with Crippen LogP contribution in [0.2, 0.25) is 0 Å². The molecule has 3 rings (SSSR count). The van der Waals surface area contributed by atoms with E-state index in [0.717, 1.165) is 17.7 Å². The molecule has 170 valence electrons. The molecule has 32 heavy (non-hydrogen) atoms. The molecule has 0 aliphatic carbocycles. The van der Waals surface area contributed by atoms with Gasteiger partial charge in [-0.2, -0.15) is 18.2 Å². The summed E-state index contributed by atoms with van der Waals surface area (Å²) in [6.07, 6.45) is -3.84. The maximum Gasteiger partial charge on any atom is 0.416 e. The Kier molecular flexibility index (Phi) is 6.42. The molecule has 1 heterocycles. The maximum atomic E-state index is 12.9. The first kappa shape index (κ1) is 23.1. The van der Waals surface area contributed by atoms with Crippen molar-refractivity contribution in [3.63, 3.8) is 0 Å². The van der Waals surface area contributed by atoms with E-state index >= 15 is 0 Å². The molecule has 0 saturated heterocycles. The van der Waals surface area contributed by atoms with Crippen LogP contribution in [0.4, 0.5) is 19.1 Å². The predicted molar refractivity (Wildman–Crippen MR) is 110 cm³/mol. The van der Waals surface area contributed by atoms with Crippen molar-refractivity contribution in [1.82, 2.24) is 10.1 Å². The van der Waals surface area contributed by atoms with E-state index in [4.69, 9.17) is 14.4 Å². The number of aliphatic carboxylic acids is 1. The van der Waals surface area contributed by atoms with Crippen LogP contribution in [0, 0.1) is 0 Å². The molecule has 0 saturated carbocycles. The van der Waals surface area contributed by atoms with Crippen molar-refractivity contribution in [2.75, 3.05) is 18.5 Å². The molecule has 0 unspecified atom stereocenters. The molecule has 7 nitrogen and oxygen atoms in total. The molecule has 2 aromatic carbocycles. The monoisotopic (exact) mass is 449 g/mol. The lowest BCUT2D eigenvalue weighted by molar-refractivity contribution is -0.152. The van der Waals surface area contributed by atoms with Crippen molar-refractivity contribution in [3.8, 4) is 17.2 Å². The molecular formula is C22H22F3N3O4. The number of carboxylic acids is 1. The fourth-order valence-corrected chi connectivity index (χ4v) is 2.78. The standard InChI is InChI=1S/C22H22F3N3O4/c1-21(2,19(29)30)31-17-9-7-14(8-10-17)11-12-28(3)20-26-18(32-27-20)15-5-4-6-16(13-15)22(23,24)25/h4-10,13H,11-12H2,1-3H3,(H,29,30). The summed E-state index contributed by atoms with van der Waals surface area (Å²) >= 11 is 0. The van der Waals surface area contributed by atoms with Gasteiger partial charge >= 0.3 is 12.1 Å². The van der Waals surface area contributed by atoms with E-state index in [1.54, 1.807) is 24.1 Å². The third-order valence-electron chi connectivity index (χ3n) is 4.74. The van der Waals surface area contributed by atoms with E-state index in [1.165, 1.54) is 26.0 Å². The van der Waals surface area contributed by atoms with Gasteiger partial charge in [0, 0.05) is 19.2 Å². The molecule has 0 radical (unpaired) electrons. The van der Waals surface area contributed by atoms with E-state index in [1.807, 2.05) is 12.1 Å². The van der Waals surface area contributed by atoms with Crippen LogP contribution >= 0.6 is 0 Å². The zero-order chi connectivity index (χ0) is 23.5. The van der Waals surface area contributed by atoms with Gasteiger partial charge in [-0.3, -0.25) is 0 Å². The van der Waals surface area contributed by atoms with Crippen LogP contribution in [0.3, 0.4) is 0 Å². The van der Waals surface area contributed by atoms with Gasteiger partial charge in [-0.15, -0.1) is 0 Å². The summed E-state index contributed by atoms with van der Waals surface area (Å²) in [6.45, 7) is 3.45. The summed E-state index contributed by atoms with van der Waals surface area (Å²) in [5.41, 5.74) is -0.967. The highest BCUT2D eigenvalue weighted by Crippen LogP contribution is 2.32. The number of halogens is 3. The van der Waals surface area contributed by atoms with Crippen molar-refractivity contribution in [2.24, 2.45) is 0 Å². The van der Waals surface area contributed by atoms with Crippen molar-refractivity contribution >= 4 is 11.9 Å². The topological polar surface area (TPSA) is 88.7 Å². The number of likely N-dealkylation sites (N-methyl/N-ethyl adjacent to an activating group) is 1. The van der Waals surface area contributed by atoms with Gasteiger partial charge in [0.1, 0.15) is 5.75 Å². The fraction of sp³-hybridized carbons (Fsp3) is 0.318. The normalized spacial score (nSPS) is 11.9. The lowest BCUT2D eigenvalue weighted by Gasteiger charge is -2.21. The van der Waals surface area contributed by atoms with Crippen LogP contribution in [0.15, 0.2) is 53.1 Å². The zero-order valence-corrected chi connectivity index (χ0v) is 17.7. The Hall–Kier alpha value is -3.56. The average Bonchev–Trinajstić information content (AvgIpc) is 3.23. The van der Waals surface area contributed by atoms with Gasteiger partial charge in [0.05, 0.1) is 5.56 Å². The van der Waals surface area contributed by atoms with Crippen LogP contribution in [0.1, 0.15) is 25.0 Å². The number of aromatic nitrogens is 2. The number of carbonyl (C=O) groups is 1. The SMILES string of the molecule is CN(CCc1ccc(OC(C)(C)C(=O)O)cc1)c1noc(-c2cccc(C(F)(F)F)c2)n1. The Bertz CT molecular complexity index is 1080. The van der Waals surface area contributed by atoms with Crippen LogP contribution in [0.5, 0.6) is 5.75 Å². The first-order valence-corrected chi connectivity index (χ1v) is 9.69. The Morgan fingerprint density at radius 1 is 1.16 bits per heavy atom. The van der Waals surface area contributed by atoms with Crippen LogP contribution < -0.4 is 9.64 Å². The third kappa shape index (κ3) is 5.57. The summed E-state index contributed by atoms with van der Waals surface area (Å²) in [5.74, 6) is -0.368. The summed E-state index contributed by atoms with van der Waals surface area (Å²) in [4.78, 5) is 17.1. The Balaban J connectivity index is 1.61. The number of rotatable bonds is 8. The highest BCUT2D eigenvalue weighted by molar-refractivity contribution is 5.76. The molecule has 0 bridgehead atoms. The second kappa shape index (κ2) is 8.89. The second-order valence-electron chi connectivity index (χ2n) is 7.71. The maximum absolute atomic E-state index is 12.9. The quantitative estimate of drug-likeness (QED) is 0.534. The summed E-state index contributed by atoms with van der Waals surface area (Å²) in [6, 6.07) is 11.7. The Morgan fingerprint density at radius 3 is 2.47 bits per heavy atom. The minimum Gasteiger partial charge on any atom is -0.478 e. The number of benzene rings is 2. The Labute approximate surface area is 182 Å². The van der Waals surface area contributed by atoms with Crippen molar-refractivity contribution in [2.45, 2.75) is 32.0 Å². The lowest BCUT2D eigenvalue weighted by Crippen LogP contribution is -2.37. The van der Waals surface area contributed by atoms with Gasteiger partial charge in [-0.25, -0.2) is 4.79 Å². The summed E-state index contributed by atoms with van der Waals surface area (Å²) in [5, 5.41) is 13.0. The first-order chi connectivity index (χ1) is 15.0. The van der Waals surface area contributed by atoms with Gasteiger partial charge in [-0.1, -0.05) is 18.2 Å². The van der Waals surface area contributed by atoms with Crippen LogP contribution in [0.25, 0.3) is 11.5 Å². The van der Waals surface area contributed by atoms with Gasteiger partial charge in [0.15, 0.2) is 5.60 Å². The van der Waals surface area contributed by atoms with Crippen molar-refractivity contribution < 1.29 is 32.3 Å². The molecule has 1 aromatic heterocycles. The summed E-state index contributed by atoms with van der Waals surface area (Å²) < 4.78 is 49.3. The fourth-order valence-electron chi connectivity index (χ4n) is 2.78. The third-order valence-corrected chi connectivity index (χ3v) is 4.74. The van der Waals surface area contributed by atoms with E-state index < -0.39 is 23.3 Å². The molecule has 0 atom stereocenters. The van der Waals surface area contributed by atoms with Crippen LogP contribution in [-0.2, 0) is 17.4 Å². The lowest BCUT2D eigenvalue weighted by atomic mass is 10.1. The van der Waals surface area contributed by atoms with Gasteiger partial charge < -0.3 is 19.3 Å². The highest BCUT2D eigenvalue weighted by atomic mass is 19.4. The second-order valence-corrected chi connectivity index (χ2v) is 7.71. The smallest absolute Gasteiger partial charge is 0.416 e. The Morgan fingerprint density at radius 2 is 1.84 bits per heavy atom. The minimum atomic E-state index is -4.46. The number of carboxylic acid groups (broad SMARTS) is 1. The number of hydrogen-bond donors (Lipinski definition) is 1. The molecule has 0 fully saturated rings. The van der Waals surface area contributed by atoms with Crippen molar-refractivity contribution in [1.29, 1.82) is 0 Å². The van der Waals surface area contributed by atoms with E-state index in [-0.39, 0.29) is 17.4 Å². The number of ether oxygens (including phenoxy) is 1. The highest BCUT2D eigenvalue weighted by Gasteiger charge is 2.31. The van der Waals surface area contributed by atoms with Crippen LogP contribution in [-0.4, -0.2) is 40.4 Å². The number of anilines is 1. The van der Waals surface area contributed by atoms with E-state index in [2.05, 4.69) is 10.1 Å². The largest absolute Gasteiger partial charge is 0.478 e. The molecule has 3 aromatic rings. The molecule has 0 aliphatic rings. The number of nitrogens with zero attached hydrogens (tertiary/aromatic N) is 3. The molecular weight excluding hydrogens is 427 g/mol. The molecule has 0 amide bonds. The number of hydrogen-bond acceptors (Lipinski definition) is 6. The van der Waals surface area contributed by atoms with Gasteiger partial charge in [0.25, 0.3) is 11.8 Å². The van der Waals surface area contributed by atoms with Gasteiger partial charge in [-0.05, 0) is 61.3 Å².